The second kappa shape index (κ2) is 8.00. The molecule has 5 rings (SSSR count). The summed E-state index contributed by atoms with van der Waals surface area (Å²) >= 11 is 3.96. The lowest BCUT2D eigenvalue weighted by atomic mass is 9.99. The van der Waals surface area contributed by atoms with E-state index in [0.29, 0.717) is 10.3 Å². The Labute approximate surface area is 177 Å². The number of anilines is 1. The second-order valence-corrected chi connectivity index (χ2v) is 9.59. The van der Waals surface area contributed by atoms with Crippen molar-refractivity contribution in [3.05, 3.63) is 60.9 Å². The molecule has 2 aromatic carbocycles. The first-order valence-electron chi connectivity index (χ1n) is 9.39. The van der Waals surface area contributed by atoms with Crippen LogP contribution in [0.1, 0.15) is 0 Å². The number of nitrogens with zero attached hydrogens (tertiary/aromatic N) is 2. The standard InChI is InChI=1S/C22H19N3O2S2/c26-16-8-6-15(7-9-16)20-18(14-4-2-1-3-5-14)19-21(24-13-25-22(19)27-20)23-12-17-28-10-11-29-17/h1-9,13,17,26H,10-12H2,(H,23,24,25). The second-order valence-electron chi connectivity index (χ2n) is 6.67. The molecule has 0 unspecified atom stereocenters. The highest BCUT2D eigenvalue weighted by Gasteiger charge is 2.23. The molecule has 0 aliphatic carbocycles. The SMILES string of the molecule is Oc1ccc(-c2oc3ncnc(NCC4SCCS4)c3c2-c2ccccc2)cc1. The average molecular weight is 422 g/mol. The number of nitrogens with one attached hydrogen (secondary N) is 1. The number of phenolic OH excluding ortho intramolecular Hbond substituents is 1. The number of hydrogen-bond acceptors (Lipinski definition) is 7. The fourth-order valence-electron chi connectivity index (χ4n) is 3.47. The lowest BCUT2D eigenvalue weighted by Gasteiger charge is -2.11. The Morgan fingerprint density at radius 1 is 0.966 bits per heavy atom. The zero-order valence-corrected chi connectivity index (χ0v) is 17.2. The summed E-state index contributed by atoms with van der Waals surface area (Å²) in [4.78, 5) is 8.93. The number of furan rings is 1. The number of hydrogen-bond donors (Lipinski definition) is 2. The fourth-order valence-corrected chi connectivity index (χ4v) is 6.13. The van der Waals surface area contributed by atoms with Crippen molar-refractivity contribution in [2.75, 3.05) is 23.4 Å². The summed E-state index contributed by atoms with van der Waals surface area (Å²) in [6, 6.07) is 17.2. The first-order valence-corrected chi connectivity index (χ1v) is 11.5. The summed E-state index contributed by atoms with van der Waals surface area (Å²) in [7, 11) is 0. The molecular formula is C22H19N3O2S2. The number of thioether (sulfide) groups is 2. The maximum absolute atomic E-state index is 9.68. The Morgan fingerprint density at radius 3 is 2.48 bits per heavy atom. The fraction of sp³-hybridized carbons (Fsp3) is 0.182. The van der Waals surface area contributed by atoms with Gasteiger partial charge in [0.25, 0.3) is 0 Å². The molecule has 0 radical (unpaired) electrons. The zero-order valence-electron chi connectivity index (χ0n) is 15.5. The minimum Gasteiger partial charge on any atom is -0.508 e. The van der Waals surface area contributed by atoms with Gasteiger partial charge < -0.3 is 14.8 Å². The Morgan fingerprint density at radius 2 is 1.72 bits per heavy atom. The van der Waals surface area contributed by atoms with Crippen LogP contribution in [0.2, 0.25) is 0 Å². The molecule has 3 heterocycles. The molecule has 7 heteroatoms. The molecule has 1 fully saturated rings. The maximum Gasteiger partial charge on any atom is 0.232 e. The van der Waals surface area contributed by atoms with Crippen LogP contribution in [-0.2, 0) is 0 Å². The average Bonchev–Trinajstić information content (AvgIpc) is 3.41. The van der Waals surface area contributed by atoms with Gasteiger partial charge in [-0.2, -0.15) is 0 Å². The summed E-state index contributed by atoms with van der Waals surface area (Å²) in [6.45, 7) is 0.843. The van der Waals surface area contributed by atoms with Crippen molar-refractivity contribution < 1.29 is 9.52 Å². The first-order chi connectivity index (χ1) is 14.3. The van der Waals surface area contributed by atoms with E-state index in [9.17, 15) is 5.11 Å². The van der Waals surface area contributed by atoms with Crippen LogP contribution in [0.5, 0.6) is 5.75 Å². The normalized spacial score (nSPS) is 14.5. The van der Waals surface area contributed by atoms with Gasteiger partial charge in [0.15, 0.2) is 0 Å². The highest BCUT2D eigenvalue weighted by molar-refractivity contribution is 8.20. The van der Waals surface area contributed by atoms with E-state index in [1.807, 2.05) is 53.9 Å². The Bertz CT molecular complexity index is 1120. The van der Waals surface area contributed by atoms with Gasteiger partial charge in [-0.15, -0.1) is 23.5 Å². The zero-order chi connectivity index (χ0) is 19.6. The largest absolute Gasteiger partial charge is 0.508 e. The Balaban J connectivity index is 1.66. The summed E-state index contributed by atoms with van der Waals surface area (Å²) < 4.78 is 6.74. The van der Waals surface area contributed by atoms with Gasteiger partial charge in [-0.05, 0) is 29.8 Å². The van der Waals surface area contributed by atoms with Gasteiger partial charge in [-0.25, -0.2) is 9.97 Å². The van der Waals surface area contributed by atoms with Gasteiger partial charge in [0.2, 0.25) is 5.71 Å². The summed E-state index contributed by atoms with van der Waals surface area (Å²) in [5.41, 5.74) is 3.43. The molecule has 2 N–H and O–H groups in total. The maximum atomic E-state index is 9.68. The molecular weight excluding hydrogens is 402 g/mol. The number of fused-ring (bicyclic) bond motifs is 1. The third kappa shape index (κ3) is 3.68. The summed E-state index contributed by atoms with van der Waals surface area (Å²) in [5.74, 6) is 4.12. The molecule has 29 heavy (non-hydrogen) atoms. The number of aromatic hydroxyl groups is 1. The van der Waals surface area contributed by atoms with Crippen LogP contribution < -0.4 is 5.32 Å². The highest BCUT2D eigenvalue weighted by Crippen LogP contribution is 2.43. The molecule has 0 bridgehead atoms. The Kier molecular flexibility index (Phi) is 5.08. The van der Waals surface area contributed by atoms with Gasteiger partial charge in [0, 0.05) is 29.2 Å². The van der Waals surface area contributed by atoms with E-state index in [4.69, 9.17) is 4.42 Å². The number of benzene rings is 2. The Hall–Kier alpha value is -2.64. The smallest absolute Gasteiger partial charge is 0.232 e. The van der Waals surface area contributed by atoms with Crippen molar-refractivity contribution >= 4 is 40.4 Å². The van der Waals surface area contributed by atoms with Gasteiger partial charge in [0.05, 0.1) is 9.97 Å². The van der Waals surface area contributed by atoms with Gasteiger partial charge >= 0.3 is 0 Å². The minimum absolute atomic E-state index is 0.222. The van der Waals surface area contributed by atoms with E-state index >= 15 is 0 Å². The highest BCUT2D eigenvalue weighted by atomic mass is 32.2. The van der Waals surface area contributed by atoms with Gasteiger partial charge in [-0.3, -0.25) is 0 Å². The molecule has 0 amide bonds. The quantitative estimate of drug-likeness (QED) is 0.442. The van der Waals surface area contributed by atoms with E-state index in [0.717, 1.165) is 40.2 Å². The summed E-state index contributed by atoms with van der Waals surface area (Å²) in [5, 5.41) is 14.1. The van der Waals surface area contributed by atoms with Gasteiger partial charge in [-0.1, -0.05) is 30.3 Å². The van der Waals surface area contributed by atoms with Crippen LogP contribution >= 0.6 is 23.5 Å². The number of rotatable bonds is 5. The van der Waals surface area contributed by atoms with E-state index in [-0.39, 0.29) is 5.75 Å². The van der Waals surface area contributed by atoms with E-state index in [2.05, 4.69) is 27.4 Å². The van der Waals surface area contributed by atoms with Crippen LogP contribution in [0.3, 0.4) is 0 Å². The predicted octanol–water partition coefficient (Wildman–Crippen LogP) is 5.48. The van der Waals surface area contributed by atoms with Crippen molar-refractivity contribution in [3.8, 4) is 28.2 Å². The molecule has 5 nitrogen and oxygen atoms in total. The molecule has 1 aliphatic heterocycles. The third-order valence-electron chi connectivity index (χ3n) is 4.81. The van der Waals surface area contributed by atoms with Crippen molar-refractivity contribution in [2.45, 2.75) is 4.58 Å². The van der Waals surface area contributed by atoms with Crippen molar-refractivity contribution in [1.82, 2.24) is 9.97 Å². The van der Waals surface area contributed by atoms with E-state index in [1.165, 1.54) is 11.5 Å². The number of aromatic nitrogens is 2. The van der Waals surface area contributed by atoms with Gasteiger partial charge in [0.1, 0.15) is 23.7 Å². The van der Waals surface area contributed by atoms with Crippen LogP contribution in [0.4, 0.5) is 5.82 Å². The summed E-state index contributed by atoms with van der Waals surface area (Å²) in [6.07, 6.45) is 1.54. The van der Waals surface area contributed by atoms with Crippen LogP contribution in [0.25, 0.3) is 33.6 Å². The third-order valence-corrected chi connectivity index (χ3v) is 7.84. The molecule has 0 saturated carbocycles. The van der Waals surface area contributed by atoms with Crippen molar-refractivity contribution in [2.24, 2.45) is 0 Å². The van der Waals surface area contributed by atoms with Crippen molar-refractivity contribution in [3.63, 3.8) is 0 Å². The number of phenols is 1. The molecule has 1 aliphatic rings. The molecule has 0 atom stereocenters. The topological polar surface area (TPSA) is 71.2 Å². The molecule has 4 aromatic rings. The minimum atomic E-state index is 0.222. The van der Waals surface area contributed by atoms with Crippen LogP contribution in [0, 0.1) is 0 Å². The predicted molar refractivity (Wildman–Crippen MR) is 122 cm³/mol. The van der Waals surface area contributed by atoms with Crippen molar-refractivity contribution in [1.29, 1.82) is 0 Å². The molecule has 2 aromatic heterocycles. The molecule has 1 saturated heterocycles. The van der Waals surface area contributed by atoms with E-state index in [1.54, 1.807) is 18.5 Å². The van der Waals surface area contributed by atoms with Crippen LogP contribution in [0.15, 0.2) is 65.3 Å². The van der Waals surface area contributed by atoms with Crippen LogP contribution in [-0.4, -0.2) is 37.7 Å². The lowest BCUT2D eigenvalue weighted by molar-refractivity contribution is 0.475. The first kappa shape index (κ1) is 18.4. The molecule has 146 valence electrons. The van der Waals surface area contributed by atoms with E-state index < -0.39 is 0 Å². The lowest BCUT2D eigenvalue weighted by Crippen LogP contribution is -2.12. The molecule has 0 spiro atoms. The monoisotopic (exact) mass is 421 g/mol.